The molecule has 2 atom stereocenters. The summed E-state index contributed by atoms with van der Waals surface area (Å²) in [4.78, 5) is 2.31. The maximum absolute atomic E-state index is 3.44. The van der Waals surface area contributed by atoms with Gasteiger partial charge in [0.05, 0.1) is 0 Å². The summed E-state index contributed by atoms with van der Waals surface area (Å²) in [5.74, 6) is 1.01. The molecule has 1 aliphatic carbocycles. The molecule has 0 bridgehead atoms. The third-order valence-electron chi connectivity index (χ3n) is 2.86. The summed E-state index contributed by atoms with van der Waals surface area (Å²) in [6.07, 6.45) is 1.47. The van der Waals surface area contributed by atoms with E-state index >= 15 is 0 Å². The normalized spacial score (nSPS) is 36.8. The number of rotatable bonds is 2. The van der Waals surface area contributed by atoms with Gasteiger partial charge in [-0.3, -0.25) is 0 Å². The standard InChI is InChI=1S/C8H16N2.2ClH/c1-10(2)6-8-3-7(8)4-9-5-8;;/h7,9H,3-6H2,1-2H3;2*1H/t7?,8-;;/m0../s1. The van der Waals surface area contributed by atoms with Crippen LogP contribution in [0.5, 0.6) is 0 Å². The molecule has 2 rings (SSSR count). The lowest BCUT2D eigenvalue weighted by molar-refractivity contribution is 0.311. The van der Waals surface area contributed by atoms with Gasteiger partial charge in [-0.25, -0.2) is 0 Å². The molecule has 2 nitrogen and oxygen atoms in total. The Balaban J connectivity index is 0.000000605. The highest BCUT2D eigenvalue weighted by molar-refractivity contribution is 5.85. The van der Waals surface area contributed by atoms with Crippen molar-refractivity contribution in [3.63, 3.8) is 0 Å². The Hall–Kier alpha value is 0.500. The minimum atomic E-state index is 0. The Bertz CT molecular complexity index is 152. The number of halogens is 2. The smallest absolute Gasteiger partial charge is 0.00473 e. The van der Waals surface area contributed by atoms with Crippen LogP contribution in [0.15, 0.2) is 0 Å². The number of fused-ring (bicyclic) bond motifs is 1. The second-order valence-corrected chi connectivity index (χ2v) is 4.13. The summed E-state index contributed by atoms with van der Waals surface area (Å²) in [6, 6.07) is 0. The molecule has 1 saturated heterocycles. The largest absolute Gasteiger partial charge is 0.316 e. The molecule has 1 unspecified atom stereocenters. The quantitative estimate of drug-likeness (QED) is 0.736. The van der Waals surface area contributed by atoms with Crippen molar-refractivity contribution in [1.29, 1.82) is 0 Å². The van der Waals surface area contributed by atoms with Crippen molar-refractivity contribution in [3.05, 3.63) is 0 Å². The molecular weight excluding hydrogens is 195 g/mol. The maximum atomic E-state index is 3.44. The highest BCUT2D eigenvalue weighted by Gasteiger charge is 2.56. The third-order valence-corrected chi connectivity index (χ3v) is 2.86. The summed E-state index contributed by atoms with van der Waals surface area (Å²) in [7, 11) is 4.34. The minimum Gasteiger partial charge on any atom is -0.316 e. The van der Waals surface area contributed by atoms with Gasteiger partial charge in [0, 0.05) is 13.1 Å². The monoisotopic (exact) mass is 212 g/mol. The number of hydrogen-bond acceptors (Lipinski definition) is 2. The van der Waals surface area contributed by atoms with Gasteiger partial charge in [0.15, 0.2) is 0 Å². The van der Waals surface area contributed by atoms with Crippen molar-refractivity contribution in [2.45, 2.75) is 6.42 Å². The van der Waals surface area contributed by atoms with Gasteiger partial charge in [-0.2, -0.15) is 0 Å². The molecule has 2 fully saturated rings. The van der Waals surface area contributed by atoms with E-state index in [-0.39, 0.29) is 24.8 Å². The van der Waals surface area contributed by atoms with Crippen molar-refractivity contribution in [2.75, 3.05) is 33.7 Å². The zero-order chi connectivity index (χ0) is 7.19. The first kappa shape index (κ1) is 12.5. The average Bonchev–Trinajstić information content (AvgIpc) is 2.33. The predicted molar refractivity (Wildman–Crippen MR) is 56.5 cm³/mol. The van der Waals surface area contributed by atoms with Gasteiger partial charge in [0.25, 0.3) is 0 Å². The minimum absolute atomic E-state index is 0. The fourth-order valence-corrected chi connectivity index (χ4v) is 2.31. The van der Waals surface area contributed by atoms with Crippen molar-refractivity contribution in [3.8, 4) is 0 Å². The fourth-order valence-electron chi connectivity index (χ4n) is 2.31. The van der Waals surface area contributed by atoms with Crippen LogP contribution < -0.4 is 5.32 Å². The molecule has 4 heteroatoms. The summed E-state index contributed by atoms with van der Waals surface area (Å²) >= 11 is 0. The molecule has 1 saturated carbocycles. The summed E-state index contributed by atoms with van der Waals surface area (Å²) in [5.41, 5.74) is 0.698. The van der Waals surface area contributed by atoms with E-state index in [9.17, 15) is 0 Å². The molecule has 0 amide bonds. The molecule has 12 heavy (non-hydrogen) atoms. The summed E-state index contributed by atoms with van der Waals surface area (Å²) < 4.78 is 0. The Kier molecular flexibility index (Phi) is 4.31. The zero-order valence-electron chi connectivity index (χ0n) is 7.67. The molecule has 74 valence electrons. The van der Waals surface area contributed by atoms with Gasteiger partial charge < -0.3 is 10.2 Å². The van der Waals surface area contributed by atoms with Crippen LogP contribution in [0.1, 0.15) is 6.42 Å². The van der Waals surface area contributed by atoms with Crippen molar-refractivity contribution in [1.82, 2.24) is 10.2 Å². The topological polar surface area (TPSA) is 15.3 Å². The first-order valence-corrected chi connectivity index (χ1v) is 4.08. The molecule has 1 aliphatic heterocycles. The second-order valence-electron chi connectivity index (χ2n) is 4.13. The van der Waals surface area contributed by atoms with E-state index in [1.165, 1.54) is 26.1 Å². The fraction of sp³-hybridized carbons (Fsp3) is 1.00. The van der Waals surface area contributed by atoms with Gasteiger partial charge in [-0.1, -0.05) is 0 Å². The molecule has 1 N–H and O–H groups in total. The van der Waals surface area contributed by atoms with E-state index in [0.29, 0.717) is 5.41 Å². The van der Waals surface area contributed by atoms with Crippen LogP contribution in [0.4, 0.5) is 0 Å². The first-order valence-electron chi connectivity index (χ1n) is 4.08. The molecular formula is C8H18Cl2N2. The first-order chi connectivity index (χ1) is 4.73. The van der Waals surface area contributed by atoms with Crippen LogP contribution in [0.3, 0.4) is 0 Å². The number of piperidine rings is 1. The van der Waals surface area contributed by atoms with E-state index in [2.05, 4.69) is 24.3 Å². The second kappa shape index (κ2) is 4.14. The predicted octanol–water partition coefficient (Wildman–Crippen LogP) is 1.00. The van der Waals surface area contributed by atoms with Gasteiger partial charge in [0.2, 0.25) is 0 Å². The van der Waals surface area contributed by atoms with Crippen molar-refractivity contribution in [2.24, 2.45) is 11.3 Å². The Labute approximate surface area is 86.9 Å². The molecule has 0 spiro atoms. The Morgan fingerprint density at radius 1 is 1.42 bits per heavy atom. The molecule has 0 aromatic carbocycles. The molecule has 1 heterocycles. The van der Waals surface area contributed by atoms with Crippen LogP contribution in [0.2, 0.25) is 0 Å². The molecule has 0 radical (unpaired) electrons. The number of nitrogens with one attached hydrogen (secondary N) is 1. The van der Waals surface area contributed by atoms with E-state index in [4.69, 9.17) is 0 Å². The average molecular weight is 213 g/mol. The third kappa shape index (κ3) is 2.05. The van der Waals surface area contributed by atoms with Crippen molar-refractivity contribution < 1.29 is 0 Å². The van der Waals surface area contributed by atoms with E-state index < -0.39 is 0 Å². The Morgan fingerprint density at radius 2 is 2.08 bits per heavy atom. The molecule has 2 aliphatic rings. The summed E-state index contributed by atoms with van der Waals surface area (Å²) in [6.45, 7) is 3.81. The SMILES string of the molecule is CN(C)C[C@]12CNCC1C2.Cl.Cl. The van der Waals surface area contributed by atoms with Crippen LogP contribution in [-0.4, -0.2) is 38.6 Å². The Morgan fingerprint density at radius 3 is 2.42 bits per heavy atom. The van der Waals surface area contributed by atoms with Gasteiger partial charge >= 0.3 is 0 Å². The van der Waals surface area contributed by atoms with Gasteiger partial charge in [0.1, 0.15) is 0 Å². The number of hydrogen-bond donors (Lipinski definition) is 1. The molecule has 0 aromatic heterocycles. The lowest BCUT2D eigenvalue weighted by Gasteiger charge is -2.17. The zero-order valence-corrected chi connectivity index (χ0v) is 9.30. The highest BCUT2D eigenvalue weighted by atomic mass is 35.5. The van der Waals surface area contributed by atoms with E-state index in [1.807, 2.05) is 0 Å². The van der Waals surface area contributed by atoms with E-state index in [0.717, 1.165) is 5.92 Å². The van der Waals surface area contributed by atoms with E-state index in [1.54, 1.807) is 0 Å². The van der Waals surface area contributed by atoms with Crippen LogP contribution in [-0.2, 0) is 0 Å². The van der Waals surface area contributed by atoms with Crippen LogP contribution in [0.25, 0.3) is 0 Å². The lowest BCUT2D eigenvalue weighted by atomic mass is 10.1. The maximum Gasteiger partial charge on any atom is 0.00473 e. The highest BCUT2D eigenvalue weighted by Crippen LogP contribution is 2.54. The van der Waals surface area contributed by atoms with Crippen molar-refractivity contribution >= 4 is 24.8 Å². The lowest BCUT2D eigenvalue weighted by Crippen LogP contribution is -2.27. The van der Waals surface area contributed by atoms with Gasteiger partial charge in [-0.15, -0.1) is 24.8 Å². The number of nitrogens with zero attached hydrogens (tertiary/aromatic N) is 1. The van der Waals surface area contributed by atoms with Crippen LogP contribution >= 0.6 is 24.8 Å². The van der Waals surface area contributed by atoms with Crippen LogP contribution in [0, 0.1) is 11.3 Å². The summed E-state index contributed by atoms with van der Waals surface area (Å²) in [5, 5.41) is 3.44. The van der Waals surface area contributed by atoms with Gasteiger partial charge in [-0.05, 0) is 38.4 Å². The molecule has 0 aromatic rings.